The minimum atomic E-state index is -1.09. The van der Waals surface area contributed by atoms with E-state index in [4.69, 9.17) is 5.11 Å². The maximum atomic E-state index is 10.8. The molecule has 0 aliphatic rings. The quantitative estimate of drug-likeness (QED) is 0.704. The summed E-state index contributed by atoms with van der Waals surface area (Å²) in [4.78, 5) is 21.4. The van der Waals surface area contributed by atoms with E-state index in [0.29, 0.717) is 16.9 Å². The van der Waals surface area contributed by atoms with Crippen LogP contribution in [0, 0.1) is 0 Å². The molecule has 110 valence electrons. The first-order valence-electron chi connectivity index (χ1n) is 6.20. The molecule has 5 nitrogen and oxygen atoms in total. The molecule has 0 saturated carbocycles. The Morgan fingerprint density at radius 2 is 2.00 bits per heavy atom. The van der Waals surface area contributed by atoms with Gasteiger partial charge in [0.15, 0.2) is 5.12 Å². The molecule has 6 heteroatoms. The molecule has 2 unspecified atom stereocenters. The highest BCUT2D eigenvalue weighted by atomic mass is 32.2. The zero-order chi connectivity index (χ0) is 15.1. The third-order valence-electron chi connectivity index (χ3n) is 2.73. The van der Waals surface area contributed by atoms with Crippen LogP contribution in [0.3, 0.4) is 0 Å². The molecule has 2 atom stereocenters. The van der Waals surface area contributed by atoms with Gasteiger partial charge in [0.1, 0.15) is 6.10 Å². The second kappa shape index (κ2) is 8.04. The van der Waals surface area contributed by atoms with E-state index in [1.807, 2.05) is 0 Å². The minimum absolute atomic E-state index is 0.0323. The Bertz CT molecular complexity index is 474. The third-order valence-corrected chi connectivity index (χ3v) is 3.58. The van der Waals surface area contributed by atoms with Gasteiger partial charge in [-0.2, -0.15) is 0 Å². The van der Waals surface area contributed by atoms with Crippen molar-refractivity contribution in [1.82, 2.24) is 0 Å². The number of carboxylic acids is 1. The maximum Gasteiger partial charge on any atom is 0.307 e. The predicted molar refractivity (Wildman–Crippen MR) is 76.5 cm³/mol. The molecule has 0 fully saturated rings. The van der Waals surface area contributed by atoms with Gasteiger partial charge in [-0.05, 0) is 17.5 Å². The van der Waals surface area contributed by atoms with Crippen molar-refractivity contribution in [3.05, 3.63) is 35.4 Å². The molecule has 3 N–H and O–H groups in total. The zero-order valence-corrected chi connectivity index (χ0v) is 12.0. The van der Waals surface area contributed by atoms with Crippen molar-refractivity contribution in [3.8, 4) is 0 Å². The van der Waals surface area contributed by atoms with Crippen LogP contribution in [0.4, 0.5) is 0 Å². The van der Waals surface area contributed by atoms with Gasteiger partial charge in [0.25, 0.3) is 0 Å². The molecule has 1 aromatic carbocycles. The smallest absolute Gasteiger partial charge is 0.307 e. The number of carboxylic acid groups (broad SMARTS) is 1. The lowest BCUT2D eigenvalue weighted by Crippen LogP contribution is -2.19. The number of rotatable bonds is 7. The van der Waals surface area contributed by atoms with Gasteiger partial charge in [0.05, 0.1) is 12.5 Å². The van der Waals surface area contributed by atoms with Gasteiger partial charge in [-0.3, -0.25) is 9.59 Å². The van der Waals surface area contributed by atoms with E-state index in [-0.39, 0.29) is 18.0 Å². The summed E-state index contributed by atoms with van der Waals surface area (Å²) in [6, 6.07) is 6.51. The van der Waals surface area contributed by atoms with Crippen LogP contribution in [0.1, 0.15) is 30.6 Å². The molecule has 0 amide bonds. The van der Waals surface area contributed by atoms with Crippen LogP contribution < -0.4 is 0 Å². The normalized spacial score (nSPS) is 13.8. The first-order valence-corrected chi connectivity index (χ1v) is 7.19. The SMILES string of the molecule is CC(=O)SCCC(O)C(O)c1cccc(CC(=O)O)c1. The lowest BCUT2D eigenvalue weighted by Gasteiger charge is -2.18. The zero-order valence-electron chi connectivity index (χ0n) is 11.2. The summed E-state index contributed by atoms with van der Waals surface area (Å²) >= 11 is 1.10. The molecule has 0 radical (unpaired) electrons. The van der Waals surface area contributed by atoms with E-state index < -0.39 is 18.2 Å². The fourth-order valence-corrected chi connectivity index (χ4v) is 2.41. The van der Waals surface area contributed by atoms with Crippen LogP contribution in [0.5, 0.6) is 0 Å². The second-order valence-corrected chi connectivity index (χ2v) is 5.73. The molecule has 20 heavy (non-hydrogen) atoms. The van der Waals surface area contributed by atoms with Crippen LogP contribution >= 0.6 is 11.8 Å². The van der Waals surface area contributed by atoms with Gasteiger partial charge in [0, 0.05) is 12.7 Å². The van der Waals surface area contributed by atoms with Crippen molar-refractivity contribution in [2.75, 3.05) is 5.75 Å². The summed E-state index contributed by atoms with van der Waals surface area (Å²) < 4.78 is 0. The van der Waals surface area contributed by atoms with E-state index in [2.05, 4.69) is 0 Å². The number of carbonyl (C=O) groups is 2. The summed E-state index contributed by atoms with van der Waals surface area (Å²) in [5.74, 6) is -0.516. The highest BCUT2D eigenvalue weighted by molar-refractivity contribution is 8.13. The van der Waals surface area contributed by atoms with Gasteiger partial charge in [-0.25, -0.2) is 0 Å². The molecule has 0 bridgehead atoms. The van der Waals surface area contributed by atoms with Crippen molar-refractivity contribution in [3.63, 3.8) is 0 Å². The fraction of sp³-hybridized carbons (Fsp3) is 0.429. The van der Waals surface area contributed by atoms with E-state index in [9.17, 15) is 19.8 Å². The van der Waals surface area contributed by atoms with Crippen LogP contribution in [0.25, 0.3) is 0 Å². The average molecular weight is 298 g/mol. The monoisotopic (exact) mass is 298 g/mol. The number of thioether (sulfide) groups is 1. The van der Waals surface area contributed by atoms with Crippen molar-refractivity contribution in [2.24, 2.45) is 0 Å². The van der Waals surface area contributed by atoms with E-state index >= 15 is 0 Å². The molecule has 0 saturated heterocycles. The van der Waals surface area contributed by atoms with Gasteiger partial charge < -0.3 is 15.3 Å². The van der Waals surface area contributed by atoms with Gasteiger partial charge in [-0.15, -0.1) is 0 Å². The molecule has 0 aromatic heterocycles. The van der Waals surface area contributed by atoms with Crippen LogP contribution in [0.15, 0.2) is 24.3 Å². The largest absolute Gasteiger partial charge is 0.481 e. The van der Waals surface area contributed by atoms with Crippen molar-refractivity contribution in [1.29, 1.82) is 0 Å². The molecule has 1 aromatic rings. The van der Waals surface area contributed by atoms with Gasteiger partial charge >= 0.3 is 5.97 Å². The summed E-state index contributed by atoms with van der Waals surface area (Å²) in [5, 5.41) is 28.6. The Labute approximate surface area is 121 Å². The first kappa shape index (κ1) is 16.7. The van der Waals surface area contributed by atoms with Gasteiger partial charge in [-0.1, -0.05) is 36.0 Å². The van der Waals surface area contributed by atoms with Crippen LogP contribution in [0.2, 0.25) is 0 Å². The van der Waals surface area contributed by atoms with Crippen LogP contribution in [-0.2, 0) is 16.0 Å². The Morgan fingerprint density at radius 1 is 1.30 bits per heavy atom. The molecule has 0 heterocycles. The molecule has 1 rings (SSSR count). The number of aliphatic carboxylic acids is 1. The van der Waals surface area contributed by atoms with Crippen molar-refractivity contribution >= 4 is 22.8 Å². The van der Waals surface area contributed by atoms with Gasteiger partial charge in [0.2, 0.25) is 0 Å². The summed E-state index contributed by atoms with van der Waals surface area (Å²) in [5.41, 5.74) is 1.04. The second-order valence-electron chi connectivity index (χ2n) is 4.46. The molecular formula is C14H18O5S. The molecule has 0 aliphatic heterocycles. The van der Waals surface area contributed by atoms with Crippen molar-refractivity contribution in [2.45, 2.75) is 32.0 Å². The lowest BCUT2D eigenvalue weighted by atomic mass is 9.99. The number of hydrogen-bond donors (Lipinski definition) is 3. The standard InChI is InChI=1S/C14H18O5S/c1-9(15)20-6-5-12(16)14(19)11-4-2-3-10(7-11)8-13(17)18/h2-4,7,12,14,16,19H,5-6,8H2,1H3,(H,17,18). The molecule has 0 spiro atoms. The molecular weight excluding hydrogens is 280 g/mol. The summed E-state index contributed by atoms with van der Waals surface area (Å²) in [6.07, 6.45) is -1.91. The Morgan fingerprint density at radius 3 is 2.60 bits per heavy atom. The Hall–Kier alpha value is -1.37. The van der Waals surface area contributed by atoms with Crippen LogP contribution in [-0.4, -0.2) is 38.3 Å². The number of benzene rings is 1. The minimum Gasteiger partial charge on any atom is -0.481 e. The number of aliphatic hydroxyl groups excluding tert-OH is 2. The average Bonchev–Trinajstić information content (AvgIpc) is 2.36. The first-order chi connectivity index (χ1) is 9.40. The van der Waals surface area contributed by atoms with E-state index in [1.54, 1.807) is 24.3 Å². The number of carbonyl (C=O) groups excluding carboxylic acids is 1. The number of hydrogen-bond acceptors (Lipinski definition) is 5. The fourth-order valence-electron chi connectivity index (χ4n) is 1.77. The summed E-state index contributed by atoms with van der Waals surface area (Å²) in [7, 11) is 0. The molecule has 0 aliphatic carbocycles. The van der Waals surface area contributed by atoms with E-state index in [1.165, 1.54) is 6.92 Å². The Balaban J connectivity index is 2.63. The maximum absolute atomic E-state index is 10.8. The topological polar surface area (TPSA) is 94.8 Å². The highest BCUT2D eigenvalue weighted by Gasteiger charge is 2.18. The van der Waals surface area contributed by atoms with Crippen molar-refractivity contribution < 1.29 is 24.9 Å². The van der Waals surface area contributed by atoms with E-state index in [0.717, 1.165) is 11.8 Å². The predicted octanol–water partition coefficient (Wildman–Crippen LogP) is 1.38. The number of aliphatic hydroxyl groups is 2. The highest BCUT2D eigenvalue weighted by Crippen LogP contribution is 2.21. The Kier molecular flexibility index (Phi) is 6.70. The third kappa shape index (κ3) is 5.73. The summed E-state index contributed by atoms with van der Waals surface area (Å²) in [6.45, 7) is 1.45. The lowest BCUT2D eigenvalue weighted by molar-refractivity contribution is -0.136.